The highest BCUT2D eigenvalue weighted by atomic mass is 127. The Labute approximate surface area is 162 Å². The molecule has 0 saturated carbocycles. The molecule has 0 radical (unpaired) electrons. The van der Waals surface area contributed by atoms with Gasteiger partial charge in [-0.05, 0) is 44.1 Å². The molecule has 0 aromatic heterocycles. The number of carbonyl (C=O) groups excluding carboxylic acids is 1. The van der Waals surface area contributed by atoms with E-state index in [2.05, 4.69) is 33.7 Å². The number of nitrogens with zero attached hydrogens (tertiary/aromatic N) is 2. The molecule has 1 saturated heterocycles. The standard InChI is InChI=1S/C16H32N4OS.HI/c1-4-14(20-12-7-8-15(20)21)9-11-19-16(17-2)18-10-5-6-13-22-3;/h14H,4-13H2,1-3H3,(H2,17,18,19);1H. The first-order valence-corrected chi connectivity index (χ1v) is 9.85. The van der Waals surface area contributed by atoms with E-state index >= 15 is 0 Å². The maximum atomic E-state index is 11.8. The number of halogens is 1. The van der Waals surface area contributed by atoms with Gasteiger partial charge in [-0.2, -0.15) is 11.8 Å². The molecule has 7 heteroatoms. The van der Waals surface area contributed by atoms with E-state index in [0.29, 0.717) is 11.9 Å². The fourth-order valence-electron chi connectivity index (χ4n) is 2.79. The SMILES string of the molecule is CCC(CCNC(=NC)NCCCCSC)N1CCCC1=O.I. The third-order valence-electron chi connectivity index (χ3n) is 4.08. The van der Waals surface area contributed by atoms with Gasteiger partial charge in [0.1, 0.15) is 0 Å². The first-order valence-electron chi connectivity index (χ1n) is 8.45. The average molecular weight is 456 g/mol. The topological polar surface area (TPSA) is 56.7 Å². The van der Waals surface area contributed by atoms with E-state index in [-0.39, 0.29) is 24.0 Å². The number of aliphatic imine (C=N–C) groups is 1. The van der Waals surface area contributed by atoms with Crippen LogP contribution in [0.1, 0.15) is 45.4 Å². The van der Waals surface area contributed by atoms with Crippen molar-refractivity contribution in [2.75, 3.05) is 38.7 Å². The zero-order valence-corrected chi connectivity index (χ0v) is 17.9. The van der Waals surface area contributed by atoms with Crippen LogP contribution in [0.2, 0.25) is 0 Å². The highest BCUT2D eigenvalue weighted by molar-refractivity contribution is 14.0. The number of thioether (sulfide) groups is 1. The van der Waals surface area contributed by atoms with Crippen molar-refractivity contribution >= 4 is 47.6 Å². The molecule has 1 aliphatic rings. The number of nitrogens with one attached hydrogen (secondary N) is 2. The van der Waals surface area contributed by atoms with Gasteiger partial charge in [0.15, 0.2) is 5.96 Å². The second kappa shape index (κ2) is 14.2. The molecule has 5 nitrogen and oxygen atoms in total. The lowest BCUT2D eigenvalue weighted by molar-refractivity contribution is -0.129. The lowest BCUT2D eigenvalue weighted by Gasteiger charge is -2.27. The Morgan fingerprint density at radius 3 is 2.65 bits per heavy atom. The first-order chi connectivity index (χ1) is 10.7. The summed E-state index contributed by atoms with van der Waals surface area (Å²) in [4.78, 5) is 18.1. The molecule has 1 rings (SSSR count). The van der Waals surface area contributed by atoms with Gasteiger partial charge >= 0.3 is 0 Å². The molecule has 0 aromatic rings. The number of carbonyl (C=O) groups is 1. The van der Waals surface area contributed by atoms with Crippen LogP contribution in [0.3, 0.4) is 0 Å². The molecule has 1 unspecified atom stereocenters. The predicted molar refractivity (Wildman–Crippen MR) is 112 cm³/mol. The second-order valence-electron chi connectivity index (χ2n) is 5.67. The molecule has 2 N–H and O–H groups in total. The minimum atomic E-state index is 0. The van der Waals surface area contributed by atoms with E-state index in [4.69, 9.17) is 0 Å². The van der Waals surface area contributed by atoms with Gasteiger partial charge in [-0.15, -0.1) is 24.0 Å². The van der Waals surface area contributed by atoms with Gasteiger partial charge in [0.2, 0.25) is 5.91 Å². The van der Waals surface area contributed by atoms with E-state index in [9.17, 15) is 4.79 Å². The van der Waals surface area contributed by atoms with Crippen molar-refractivity contribution < 1.29 is 4.79 Å². The molecule has 0 bridgehead atoms. The summed E-state index contributed by atoms with van der Waals surface area (Å²) in [6.07, 6.45) is 8.29. The van der Waals surface area contributed by atoms with E-state index in [1.54, 1.807) is 7.05 Å². The van der Waals surface area contributed by atoms with E-state index in [1.165, 1.54) is 18.6 Å². The zero-order valence-electron chi connectivity index (χ0n) is 14.8. The minimum Gasteiger partial charge on any atom is -0.356 e. The quantitative estimate of drug-likeness (QED) is 0.230. The summed E-state index contributed by atoms with van der Waals surface area (Å²) in [5, 5.41) is 6.71. The van der Waals surface area contributed by atoms with Crippen LogP contribution in [0, 0.1) is 0 Å². The third-order valence-corrected chi connectivity index (χ3v) is 4.78. The van der Waals surface area contributed by atoms with Gasteiger partial charge in [0.25, 0.3) is 0 Å². The lowest BCUT2D eigenvalue weighted by Crippen LogP contribution is -2.42. The van der Waals surface area contributed by atoms with Crippen molar-refractivity contribution in [3.63, 3.8) is 0 Å². The van der Waals surface area contributed by atoms with Crippen LogP contribution < -0.4 is 10.6 Å². The Bertz CT molecular complexity index is 355. The van der Waals surface area contributed by atoms with Crippen LogP contribution >= 0.6 is 35.7 Å². The second-order valence-corrected chi connectivity index (χ2v) is 6.65. The fraction of sp³-hybridized carbons (Fsp3) is 0.875. The molecule has 0 spiro atoms. The van der Waals surface area contributed by atoms with Crippen molar-refractivity contribution in [3.8, 4) is 0 Å². The first kappa shape index (κ1) is 22.8. The van der Waals surface area contributed by atoms with Crippen molar-refractivity contribution in [3.05, 3.63) is 0 Å². The van der Waals surface area contributed by atoms with Crippen LogP contribution in [-0.2, 0) is 4.79 Å². The number of unbranched alkanes of at least 4 members (excludes halogenated alkanes) is 1. The highest BCUT2D eigenvalue weighted by Crippen LogP contribution is 2.17. The summed E-state index contributed by atoms with van der Waals surface area (Å²) in [5.41, 5.74) is 0. The Morgan fingerprint density at radius 1 is 1.35 bits per heavy atom. The normalized spacial score (nSPS) is 16.2. The maximum absolute atomic E-state index is 11.8. The largest absolute Gasteiger partial charge is 0.356 e. The summed E-state index contributed by atoms with van der Waals surface area (Å²) in [7, 11) is 1.80. The average Bonchev–Trinajstić information content (AvgIpc) is 2.95. The van der Waals surface area contributed by atoms with Crippen LogP contribution in [0.15, 0.2) is 4.99 Å². The summed E-state index contributed by atoms with van der Waals surface area (Å²) in [5.74, 6) is 2.41. The van der Waals surface area contributed by atoms with Gasteiger partial charge in [-0.25, -0.2) is 0 Å². The van der Waals surface area contributed by atoms with E-state index in [1.807, 2.05) is 11.8 Å². The molecule has 23 heavy (non-hydrogen) atoms. The molecule has 1 aliphatic heterocycles. The molecule has 0 aromatic carbocycles. The highest BCUT2D eigenvalue weighted by Gasteiger charge is 2.26. The number of amides is 1. The summed E-state index contributed by atoms with van der Waals surface area (Å²) >= 11 is 1.89. The zero-order chi connectivity index (χ0) is 16.2. The molecule has 1 amide bonds. The summed E-state index contributed by atoms with van der Waals surface area (Å²) < 4.78 is 0. The van der Waals surface area contributed by atoms with E-state index in [0.717, 1.165) is 51.3 Å². The molecule has 136 valence electrons. The maximum Gasteiger partial charge on any atom is 0.222 e. The lowest BCUT2D eigenvalue weighted by atomic mass is 10.1. The number of hydrogen-bond donors (Lipinski definition) is 2. The Kier molecular flexibility index (Phi) is 14.1. The predicted octanol–water partition coefficient (Wildman–Crippen LogP) is 2.70. The number of likely N-dealkylation sites (tertiary alicyclic amines) is 1. The van der Waals surface area contributed by atoms with Gasteiger partial charge in [-0.3, -0.25) is 9.79 Å². The Balaban J connectivity index is 0.00000484. The van der Waals surface area contributed by atoms with Crippen molar-refractivity contribution in [2.24, 2.45) is 4.99 Å². The molecular weight excluding hydrogens is 423 g/mol. The molecule has 1 heterocycles. The molecular formula is C16H33IN4OS. The van der Waals surface area contributed by atoms with Crippen LogP contribution in [0.25, 0.3) is 0 Å². The fourth-order valence-corrected chi connectivity index (χ4v) is 3.28. The van der Waals surface area contributed by atoms with E-state index < -0.39 is 0 Å². The van der Waals surface area contributed by atoms with Crippen LogP contribution in [0.4, 0.5) is 0 Å². The summed E-state index contributed by atoms with van der Waals surface area (Å²) in [6, 6.07) is 0.363. The number of rotatable bonds is 10. The summed E-state index contributed by atoms with van der Waals surface area (Å²) in [6.45, 7) is 4.91. The van der Waals surface area contributed by atoms with Gasteiger partial charge in [0.05, 0.1) is 0 Å². The van der Waals surface area contributed by atoms with Crippen molar-refractivity contribution in [1.29, 1.82) is 0 Å². The third kappa shape index (κ3) is 9.02. The Morgan fingerprint density at radius 2 is 2.09 bits per heavy atom. The number of guanidine groups is 1. The van der Waals surface area contributed by atoms with Crippen molar-refractivity contribution in [2.45, 2.75) is 51.5 Å². The van der Waals surface area contributed by atoms with Gasteiger partial charge < -0.3 is 15.5 Å². The van der Waals surface area contributed by atoms with Gasteiger partial charge in [0, 0.05) is 39.1 Å². The Hall–Kier alpha value is -0.180. The van der Waals surface area contributed by atoms with Crippen LogP contribution in [-0.4, -0.2) is 61.5 Å². The van der Waals surface area contributed by atoms with Crippen molar-refractivity contribution in [1.82, 2.24) is 15.5 Å². The smallest absolute Gasteiger partial charge is 0.222 e. The minimum absolute atomic E-state index is 0. The molecule has 1 atom stereocenters. The molecule has 1 fully saturated rings. The number of hydrogen-bond acceptors (Lipinski definition) is 3. The monoisotopic (exact) mass is 456 g/mol. The van der Waals surface area contributed by atoms with Crippen LogP contribution in [0.5, 0.6) is 0 Å². The molecule has 0 aliphatic carbocycles. The van der Waals surface area contributed by atoms with Gasteiger partial charge in [-0.1, -0.05) is 6.92 Å².